The predicted octanol–water partition coefficient (Wildman–Crippen LogP) is 3.06. The first kappa shape index (κ1) is 20.1. The number of piperidine rings is 1. The molecule has 0 bridgehead atoms. The standard InChI is InChI=1S/C23H27N5O3/c29-20(9-12-27-13-15-30-16-14-27)28-11-4-3-7-19(28)22-25-26-23(31-22)21-18-6-2-1-5-17(18)8-10-24-21/h1-2,5-6,8,10,19H,3-4,7,9,11-16H2. The van der Waals surface area contributed by atoms with Crippen molar-refractivity contribution >= 4 is 16.7 Å². The molecule has 0 saturated carbocycles. The second-order valence-corrected chi connectivity index (χ2v) is 8.13. The van der Waals surface area contributed by atoms with Crippen LogP contribution in [-0.4, -0.2) is 70.3 Å². The molecule has 1 amide bonds. The zero-order valence-electron chi connectivity index (χ0n) is 17.6. The topological polar surface area (TPSA) is 84.6 Å². The minimum atomic E-state index is -0.165. The first-order chi connectivity index (χ1) is 15.3. The van der Waals surface area contributed by atoms with Crippen molar-refractivity contribution in [3.05, 3.63) is 42.4 Å². The van der Waals surface area contributed by atoms with E-state index in [1.807, 2.05) is 35.2 Å². The monoisotopic (exact) mass is 421 g/mol. The molecular formula is C23H27N5O3. The van der Waals surface area contributed by atoms with Crippen LogP contribution >= 0.6 is 0 Å². The van der Waals surface area contributed by atoms with Gasteiger partial charge in [-0.25, -0.2) is 0 Å². The van der Waals surface area contributed by atoms with Crippen molar-refractivity contribution in [1.29, 1.82) is 0 Å². The minimum Gasteiger partial charge on any atom is -0.417 e. The van der Waals surface area contributed by atoms with Crippen LogP contribution in [0.3, 0.4) is 0 Å². The Balaban J connectivity index is 1.33. The molecule has 31 heavy (non-hydrogen) atoms. The summed E-state index contributed by atoms with van der Waals surface area (Å²) in [6, 6.07) is 9.81. The lowest BCUT2D eigenvalue weighted by atomic mass is 10.0. The molecule has 5 rings (SSSR count). The Morgan fingerprint density at radius 1 is 1.06 bits per heavy atom. The molecule has 8 heteroatoms. The van der Waals surface area contributed by atoms with Gasteiger partial charge in [-0.3, -0.25) is 14.7 Å². The molecule has 2 saturated heterocycles. The fourth-order valence-electron chi connectivity index (χ4n) is 4.46. The van der Waals surface area contributed by atoms with E-state index in [0.717, 1.165) is 69.4 Å². The van der Waals surface area contributed by atoms with Crippen molar-refractivity contribution in [2.45, 2.75) is 31.7 Å². The molecule has 0 aliphatic carbocycles. The summed E-state index contributed by atoms with van der Waals surface area (Å²) < 4.78 is 11.5. The lowest BCUT2D eigenvalue weighted by Gasteiger charge is -2.34. The molecule has 2 aliphatic rings. The predicted molar refractivity (Wildman–Crippen MR) is 115 cm³/mol. The first-order valence-electron chi connectivity index (χ1n) is 11.1. The Kier molecular flexibility index (Phi) is 5.90. The fourth-order valence-corrected chi connectivity index (χ4v) is 4.46. The summed E-state index contributed by atoms with van der Waals surface area (Å²) in [6.07, 6.45) is 5.15. The molecular weight excluding hydrogens is 394 g/mol. The summed E-state index contributed by atoms with van der Waals surface area (Å²) in [4.78, 5) is 21.7. The number of nitrogens with zero attached hydrogens (tertiary/aromatic N) is 5. The highest BCUT2D eigenvalue weighted by atomic mass is 16.5. The fraction of sp³-hybridized carbons (Fsp3) is 0.478. The van der Waals surface area contributed by atoms with Crippen molar-refractivity contribution in [3.63, 3.8) is 0 Å². The Morgan fingerprint density at radius 2 is 1.94 bits per heavy atom. The second-order valence-electron chi connectivity index (χ2n) is 8.13. The molecule has 0 N–H and O–H groups in total. The highest BCUT2D eigenvalue weighted by molar-refractivity contribution is 5.92. The van der Waals surface area contributed by atoms with Gasteiger partial charge in [0.1, 0.15) is 11.7 Å². The Bertz CT molecular complexity index is 1040. The number of carbonyl (C=O) groups is 1. The van der Waals surface area contributed by atoms with E-state index >= 15 is 0 Å². The van der Waals surface area contributed by atoms with Crippen LogP contribution in [0.2, 0.25) is 0 Å². The molecule has 4 heterocycles. The van der Waals surface area contributed by atoms with Crippen LogP contribution in [0, 0.1) is 0 Å². The second kappa shape index (κ2) is 9.11. The van der Waals surface area contributed by atoms with E-state index in [4.69, 9.17) is 9.15 Å². The van der Waals surface area contributed by atoms with Gasteiger partial charge in [0.25, 0.3) is 5.89 Å². The molecule has 8 nitrogen and oxygen atoms in total. The Morgan fingerprint density at radius 3 is 2.84 bits per heavy atom. The zero-order valence-corrected chi connectivity index (χ0v) is 17.6. The van der Waals surface area contributed by atoms with E-state index in [1.54, 1.807) is 6.20 Å². The number of hydrogen-bond donors (Lipinski definition) is 0. The van der Waals surface area contributed by atoms with Gasteiger partial charge in [-0.05, 0) is 30.7 Å². The van der Waals surface area contributed by atoms with Gasteiger partial charge in [0, 0.05) is 44.2 Å². The summed E-state index contributed by atoms with van der Waals surface area (Å²) in [5.74, 6) is 1.06. The normalized spacial score (nSPS) is 20.3. The molecule has 2 aliphatic heterocycles. The number of aromatic nitrogens is 3. The van der Waals surface area contributed by atoms with Crippen LogP contribution in [0.1, 0.15) is 37.6 Å². The minimum absolute atomic E-state index is 0.152. The Hall–Kier alpha value is -2.84. The van der Waals surface area contributed by atoms with Crippen LogP contribution in [0.4, 0.5) is 0 Å². The van der Waals surface area contributed by atoms with Gasteiger partial charge in [-0.2, -0.15) is 0 Å². The van der Waals surface area contributed by atoms with Crippen molar-refractivity contribution in [2.75, 3.05) is 39.4 Å². The number of benzene rings is 1. The average molecular weight is 422 g/mol. The van der Waals surface area contributed by atoms with Crippen molar-refractivity contribution in [3.8, 4) is 11.6 Å². The number of amides is 1. The lowest BCUT2D eigenvalue weighted by molar-refractivity contribution is -0.136. The van der Waals surface area contributed by atoms with E-state index in [2.05, 4.69) is 20.1 Å². The Labute approximate surface area is 181 Å². The maximum absolute atomic E-state index is 13.0. The van der Waals surface area contributed by atoms with E-state index in [1.165, 1.54) is 0 Å². The third-order valence-electron chi connectivity index (χ3n) is 6.17. The first-order valence-corrected chi connectivity index (χ1v) is 11.1. The van der Waals surface area contributed by atoms with Gasteiger partial charge in [0.2, 0.25) is 11.8 Å². The molecule has 1 unspecified atom stereocenters. The summed E-state index contributed by atoms with van der Waals surface area (Å²) >= 11 is 0. The van der Waals surface area contributed by atoms with Gasteiger partial charge in [-0.15, -0.1) is 10.2 Å². The van der Waals surface area contributed by atoms with Crippen molar-refractivity contribution in [2.24, 2.45) is 0 Å². The van der Waals surface area contributed by atoms with Gasteiger partial charge >= 0.3 is 0 Å². The van der Waals surface area contributed by atoms with Crippen LogP contribution in [0.5, 0.6) is 0 Å². The lowest BCUT2D eigenvalue weighted by Crippen LogP contribution is -2.42. The number of likely N-dealkylation sites (tertiary alicyclic amines) is 1. The van der Waals surface area contributed by atoms with Crippen molar-refractivity contribution < 1.29 is 13.9 Å². The maximum atomic E-state index is 13.0. The summed E-state index contributed by atoms with van der Waals surface area (Å²) in [7, 11) is 0. The molecule has 1 atom stereocenters. The van der Waals surface area contributed by atoms with Gasteiger partial charge in [0.15, 0.2) is 0 Å². The van der Waals surface area contributed by atoms with E-state index in [-0.39, 0.29) is 11.9 Å². The molecule has 0 spiro atoms. The van der Waals surface area contributed by atoms with Crippen LogP contribution < -0.4 is 0 Å². The SMILES string of the molecule is O=C(CCN1CCOCC1)N1CCCCC1c1nnc(-c2nccc3ccccc23)o1. The molecule has 0 radical (unpaired) electrons. The third-order valence-corrected chi connectivity index (χ3v) is 6.17. The quantitative estimate of drug-likeness (QED) is 0.626. The number of morpholine rings is 1. The summed E-state index contributed by atoms with van der Waals surface area (Å²) in [5.41, 5.74) is 0.679. The van der Waals surface area contributed by atoms with Crippen LogP contribution in [0.25, 0.3) is 22.4 Å². The van der Waals surface area contributed by atoms with Crippen LogP contribution in [0.15, 0.2) is 40.9 Å². The highest BCUT2D eigenvalue weighted by Gasteiger charge is 2.32. The molecule has 2 fully saturated rings. The number of pyridine rings is 1. The molecule has 3 aromatic rings. The zero-order chi connectivity index (χ0) is 21.0. The smallest absolute Gasteiger partial charge is 0.267 e. The van der Waals surface area contributed by atoms with Gasteiger partial charge in [0.05, 0.1) is 13.2 Å². The number of carbonyl (C=O) groups excluding carboxylic acids is 1. The largest absolute Gasteiger partial charge is 0.417 e. The maximum Gasteiger partial charge on any atom is 0.267 e. The van der Waals surface area contributed by atoms with Crippen molar-refractivity contribution in [1.82, 2.24) is 25.0 Å². The average Bonchev–Trinajstić information content (AvgIpc) is 3.33. The van der Waals surface area contributed by atoms with E-state index in [9.17, 15) is 4.79 Å². The van der Waals surface area contributed by atoms with Gasteiger partial charge < -0.3 is 14.1 Å². The summed E-state index contributed by atoms with van der Waals surface area (Å²) in [6.45, 7) is 4.77. The molecule has 2 aromatic heterocycles. The summed E-state index contributed by atoms with van der Waals surface area (Å²) in [5, 5.41) is 10.7. The van der Waals surface area contributed by atoms with Crippen LogP contribution in [-0.2, 0) is 9.53 Å². The number of ether oxygens (including phenoxy) is 1. The number of hydrogen-bond acceptors (Lipinski definition) is 7. The van der Waals surface area contributed by atoms with E-state index in [0.29, 0.717) is 23.9 Å². The molecule has 1 aromatic carbocycles. The third kappa shape index (κ3) is 4.31. The number of rotatable bonds is 5. The van der Waals surface area contributed by atoms with Gasteiger partial charge in [-0.1, -0.05) is 24.3 Å². The number of fused-ring (bicyclic) bond motifs is 1. The molecule has 162 valence electrons. The highest BCUT2D eigenvalue weighted by Crippen LogP contribution is 2.33. The van der Waals surface area contributed by atoms with E-state index < -0.39 is 0 Å².